The molecular weight excluding hydrogens is 447 g/mol. The van der Waals surface area contributed by atoms with Crippen LogP contribution in [0.3, 0.4) is 0 Å². The van der Waals surface area contributed by atoms with Crippen LogP contribution < -0.4 is 14.8 Å². The molecule has 12 heteroatoms. The SMILES string of the molecule is CN1[C@H](C(=O)Nc2ccc(F)c(Cl)c2)C[C@H](c2cccc(OC(F)F)c2)NS1(=O)=O. The summed E-state index contributed by atoms with van der Waals surface area (Å²) in [6.07, 6.45) is 0.00855. The van der Waals surface area contributed by atoms with Gasteiger partial charge in [-0.2, -0.15) is 26.2 Å². The van der Waals surface area contributed by atoms with E-state index in [0.29, 0.717) is 5.56 Å². The Balaban J connectivity index is 1.84. The minimum absolute atomic E-state index is 0.00855. The number of benzene rings is 2. The maximum atomic E-state index is 13.3. The number of hydrogen-bond acceptors (Lipinski definition) is 4. The number of carbonyl (C=O) groups is 1. The maximum absolute atomic E-state index is 13.3. The molecule has 2 aromatic rings. The molecule has 1 fully saturated rings. The fraction of sp³-hybridized carbons (Fsp3) is 0.278. The first-order valence-corrected chi connectivity index (χ1v) is 10.4. The second kappa shape index (κ2) is 8.80. The van der Waals surface area contributed by atoms with Crippen LogP contribution in [0.15, 0.2) is 42.5 Å². The van der Waals surface area contributed by atoms with Gasteiger partial charge in [0.05, 0.1) is 11.1 Å². The zero-order valence-electron chi connectivity index (χ0n) is 15.5. The molecular formula is C18H17ClF3N3O4S. The molecule has 2 aromatic carbocycles. The van der Waals surface area contributed by atoms with Crippen LogP contribution in [0.2, 0.25) is 5.02 Å². The van der Waals surface area contributed by atoms with Crippen molar-refractivity contribution in [3.8, 4) is 5.75 Å². The molecule has 0 aromatic heterocycles. The van der Waals surface area contributed by atoms with E-state index < -0.39 is 40.6 Å². The van der Waals surface area contributed by atoms with E-state index in [-0.39, 0.29) is 22.9 Å². The van der Waals surface area contributed by atoms with Gasteiger partial charge in [-0.25, -0.2) is 4.39 Å². The highest BCUT2D eigenvalue weighted by Gasteiger charge is 2.40. The lowest BCUT2D eigenvalue weighted by Gasteiger charge is -2.36. The highest BCUT2D eigenvalue weighted by Crippen LogP contribution is 2.31. The predicted octanol–water partition coefficient (Wildman–Crippen LogP) is 3.30. The highest BCUT2D eigenvalue weighted by atomic mass is 35.5. The Bertz CT molecular complexity index is 1050. The first-order valence-electron chi connectivity index (χ1n) is 8.63. The van der Waals surface area contributed by atoms with Crippen molar-refractivity contribution >= 4 is 33.4 Å². The summed E-state index contributed by atoms with van der Waals surface area (Å²) in [5.41, 5.74) is 0.548. The Morgan fingerprint density at radius 3 is 2.70 bits per heavy atom. The Hall–Kier alpha value is -2.34. The lowest BCUT2D eigenvalue weighted by Crippen LogP contribution is -2.55. The largest absolute Gasteiger partial charge is 0.435 e. The van der Waals surface area contributed by atoms with Crippen molar-refractivity contribution < 1.29 is 31.1 Å². The Morgan fingerprint density at radius 2 is 2.03 bits per heavy atom. The van der Waals surface area contributed by atoms with Crippen LogP contribution in [0.25, 0.3) is 0 Å². The molecule has 2 atom stereocenters. The molecule has 1 aliphatic rings. The summed E-state index contributed by atoms with van der Waals surface area (Å²) in [5, 5.41) is 2.31. The molecule has 1 amide bonds. The Kier molecular flexibility index (Phi) is 6.56. The lowest BCUT2D eigenvalue weighted by molar-refractivity contribution is -0.120. The van der Waals surface area contributed by atoms with E-state index in [9.17, 15) is 26.4 Å². The minimum atomic E-state index is -4.05. The van der Waals surface area contributed by atoms with Gasteiger partial charge in [0.15, 0.2) is 0 Å². The summed E-state index contributed by atoms with van der Waals surface area (Å²) in [6, 6.07) is 7.13. The number of anilines is 1. The summed E-state index contributed by atoms with van der Waals surface area (Å²) in [4.78, 5) is 12.7. The van der Waals surface area contributed by atoms with Crippen LogP contribution in [0.5, 0.6) is 5.75 Å². The molecule has 3 rings (SSSR count). The zero-order chi connectivity index (χ0) is 22.1. The monoisotopic (exact) mass is 463 g/mol. The van der Waals surface area contributed by atoms with Crippen LogP contribution in [0.1, 0.15) is 18.0 Å². The number of likely N-dealkylation sites (N-methyl/N-ethyl adjacent to an activating group) is 1. The van der Waals surface area contributed by atoms with Crippen LogP contribution in [-0.4, -0.2) is 38.3 Å². The van der Waals surface area contributed by atoms with Crippen LogP contribution in [0, 0.1) is 5.82 Å². The third-order valence-electron chi connectivity index (χ3n) is 4.54. The smallest absolute Gasteiger partial charge is 0.387 e. The van der Waals surface area contributed by atoms with Crippen molar-refractivity contribution in [2.24, 2.45) is 0 Å². The highest BCUT2D eigenvalue weighted by molar-refractivity contribution is 7.87. The molecule has 7 nitrogen and oxygen atoms in total. The Morgan fingerprint density at radius 1 is 1.30 bits per heavy atom. The van der Waals surface area contributed by atoms with Crippen LogP contribution >= 0.6 is 11.6 Å². The molecule has 0 aliphatic carbocycles. The zero-order valence-corrected chi connectivity index (χ0v) is 17.1. The van der Waals surface area contributed by atoms with E-state index >= 15 is 0 Å². The number of hydrogen-bond donors (Lipinski definition) is 2. The molecule has 0 saturated carbocycles. The summed E-state index contributed by atoms with van der Waals surface area (Å²) in [7, 11) is -2.82. The van der Waals surface area contributed by atoms with Crippen molar-refractivity contribution in [1.29, 1.82) is 0 Å². The van der Waals surface area contributed by atoms with Gasteiger partial charge < -0.3 is 10.1 Å². The van der Waals surface area contributed by atoms with Crippen molar-refractivity contribution in [3.63, 3.8) is 0 Å². The molecule has 30 heavy (non-hydrogen) atoms. The Labute approximate surface area is 176 Å². The number of nitrogens with one attached hydrogen (secondary N) is 2. The van der Waals surface area contributed by atoms with Crippen molar-refractivity contribution in [2.45, 2.75) is 25.1 Å². The number of alkyl halides is 2. The third-order valence-corrected chi connectivity index (χ3v) is 6.43. The fourth-order valence-corrected chi connectivity index (χ4v) is 4.49. The average molecular weight is 464 g/mol. The topological polar surface area (TPSA) is 87.7 Å². The quantitative estimate of drug-likeness (QED) is 0.712. The van der Waals surface area contributed by atoms with E-state index in [0.717, 1.165) is 10.4 Å². The minimum Gasteiger partial charge on any atom is -0.435 e. The average Bonchev–Trinajstić information content (AvgIpc) is 2.66. The van der Waals surface area contributed by atoms with E-state index in [4.69, 9.17) is 11.6 Å². The predicted molar refractivity (Wildman–Crippen MR) is 104 cm³/mol. The van der Waals surface area contributed by atoms with Gasteiger partial charge in [0, 0.05) is 12.7 Å². The second-order valence-corrected chi connectivity index (χ2v) is 8.68. The van der Waals surface area contributed by atoms with E-state index in [2.05, 4.69) is 14.8 Å². The standard InChI is InChI=1S/C18H17ClF3N3O4S/c1-25-16(17(26)23-11-5-6-14(20)13(19)8-11)9-15(24-30(25,27)28)10-3-2-4-12(7-10)29-18(21)22/h2-8,15-16,18,24H,9H2,1H3,(H,23,26)/t15-,16+/m1/s1. The maximum Gasteiger partial charge on any atom is 0.387 e. The number of nitrogens with zero attached hydrogens (tertiary/aromatic N) is 1. The van der Waals surface area contributed by atoms with E-state index in [1.54, 1.807) is 0 Å². The van der Waals surface area contributed by atoms with Gasteiger partial charge in [0.25, 0.3) is 10.2 Å². The van der Waals surface area contributed by atoms with Gasteiger partial charge in [0.1, 0.15) is 17.6 Å². The number of rotatable bonds is 5. The molecule has 2 N–H and O–H groups in total. The van der Waals surface area contributed by atoms with Gasteiger partial charge in [-0.1, -0.05) is 23.7 Å². The third kappa shape index (κ3) is 5.04. The summed E-state index contributed by atoms with van der Waals surface area (Å²) < 4.78 is 70.9. The number of ether oxygens (including phenoxy) is 1. The normalized spacial score (nSPS) is 21.4. The van der Waals surface area contributed by atoms with Gasteiger partial charge in [0.2, 0.25) is 5.91 Å². The van der Waals surface area contributed by atoms with Crippen LogP contribution in [0.4, 0.5) is 18.9 Å². The molecule has 1 aliphatic heterocycles. The first kappa shape index (κ1) is 22.3. The number of halogens is 4. The molecule has 0 spiro atoms. The first-order chi connectivity index (χ1) is 14.1. The molecule has 1 saturated heterocycles. The summed E-state index contributed by atoms with van der Waals surface area (Å²) in [5.74, 6) is -1.46. The van der Waals surface area contributed by atoms with E-state index in [1.807, 2.05) is 0 Å². The van der Waals surface area contributed by atoms with Crippen LogP contribution in [-0.2, 0) is 15.0 Å². The van der Waals surface area contributed by atoms with Crippen molar-refractivity contribution in [1.82, 2.24) is 9.03 Å². The molecule has 162 valence electrons. The van der Waals surface area contributed by atoms with Crippen molar-refractivity contribution in [3.05, 3.63) is 58.9 Å². The number of amides is 1. The van der Waals surface area contributed by atoms with Crippen molar-refractivity contribution in [2.75, 3.05) is 12.4 Å². The van der Waals surface area contributed by atoms with Gasteiger partial charge in [-0.3, -0.25) is 4.79 Å². The molecule has 0 radical (unpaired) electrons. The van der Waals surface area contributed by atoms with Gasteiger partial charge in [-0.15, -0.1) is 0 Å². The lowest BCUT2D eigenvalue weighted by atomic mass is 9.99. The molecule has 1 heterocycles. The van der Waals surface area contributed by atoms with Gasteiger partial charge >= 0.3 is 6.61 Å². The number of carbonyl (C=O) groups excluding carboxylic acids is 1. The van der Waals surface area contributed by atoms with Gasteiger partial charge in [-0.05, 0) is 42.3 Å². The molecule has 0 unspecified atom stereocenters. The summed E-state index contributed by atoms with van der Waals surface area (Å²) >= 11 is 5.70. The second-order valence-electron chi connectivity index (χ2n) is 6.51. The van der Waals surface area contributed by atoms with E-state index in [1.165, 1.54) is 43.4 Å². The molecule has 0 bridgehead atoms. The fourth-order valence-electron chi connectivity index (χ4n) is 3.03. The summed E-state index contributed by atoms with van der Waals surface area (Å²) in [6.45, 7) is -3.03.